The fraction of sp³-hybridized carbons (Fsp3) is 1.00. The lowest BCUT2D eigenvalue weighted by Crippen LogP contribution is -2.41. The maximum atomic E-state index is 9.89. The highest BCUT2D eigenvalue weighted by atomic mass is 16.3. The van der Waals surface area contributed by atoms with Gasteiger partial charge in [0.25, 0.3) is 0 Å². The number of aliphatic hydroxyl groups is 2. The van der Waals surface area contributed by atoms with Crippen LogP contribution in [0.1, 0.15) is 61.8 Å². The van der Waals surface area contributed by atoms with E-state index in [-0.39, 0.29) is 17.4 Å². The molecule has 3 nitrogen and oxygen atoms in total. The molecule has 0 aromatic rings. The molecular formula is C16H37NO2. The first kappa shape index (κ1) is 21.2. The molecule has 0 heterocycles. The van der Waals surface area contributed by atoms with Crippen LogP contribution in [0.2, 0.25) is 0 Å². The number of hydrogen-bond acceptors (Lipinski definition) is 3. The van der Waals surface area contributed by atoms with E-state index in [1.807, 2.05) is 27.7 Å². The van der Waals surface area contributed by atoms with Gasteiger partial charge in [0.1, 0.15) is 0 Å². The van der Waals surface area contributed by atoms with E-state index < -0.39 is 5.60 Å². The van der Waals surface area contributed by atoms with Gasteiger partial charge < -0.3 is 15.1 Å². The SMILES string of the molecule is CC.CN(CC(C)(C)CO)CC(C)(C)CC(C)(C)O. The third-order valence-corrected chi connectivity index (χ3v) is 2.74. The van der Waals surface area contributed by atoms with Crippen molar-refractivity contribution in [2.75, 3.05) is 26.7 Å². The number of aliphatic hydroxyl groups excluding tert-OH is 1. The lowest BCUT2D eigenvalue weighted by Gasteiger charge is -2.37. The molecule has 0 rings (SSSR count). The zero-order valence-electron chi connectivity index (χ0n) is 14.7. The van der Waals surface area contributed by atoms with Crippen molar-refractivity contribution in [3.63, 3.8) is 0 Å². The van der Waals surface area contributed by atoms with Gasteiger partial charge in [-0.1, -0.05) is 41.5 Å². The lowest BCUT2D eigenvalue weighted by atomic mass is 9.81. The van der Waals surface area contributed by atoms with Crippen molar-refractivity contribution in [1.29, 1.82) is 0 Å². The maximum absolute atomic E-state index is 9.89. The number of rotatable bonds is 7. The Morgan fingerprint density at radius 2 is 1.21 bits per heavy atom. The van der Waals surface area contributed by atoms with Crippen molar-refractivity contribution < 1.29 is 10.2 Å². The second kappa shape index (κ2) is 8.23. The standard InChI is InChI=1S/C14H31NO2.C2H6/c1-12(2,8-14(5,6)17)9-15(7)10-13(3,4)11-16;1-2/h16-17H,8-11H2,1-7H3;1-2H3. The average Bonchev–Trinajstić information content (AvgIpc) is 2.14. The van der Waals surface area contributed by atoms with Gasteiger partial charge in [-0.3, -0.25) is 0 Å². The molecule has 0 amide bonds. The summed E-state index contributed by atoms with van der Waals surface area (Å²) in [5.41, 5.74) is -0.630. The summed E-state index contributed by atoms with van der Waals surface area (Å²) >= 11 is 0. The Morgan fingerprint density at radius 3 is 1.53 bits per heavy atom. The molecule has 3 heteroatoms. The molecule has 0 saturated heterocycles. The third-order valence-electron chi connectivity index (χ3n) is 2.74. The lowest BCUT2D eigenvalue weighted by molar-refractivity contribution is 0.0157. The zero-order chi connectivity index (χ0) is 15.9. The van der Waals surface area contributed by atoms with Crippen LogP contribution < -0.4 is 0 Å². The van der Waals surface area contributed by atoms with Gasteiger partial charge in [0, 0.05) is 25.1 Å². The van der Waals surface area contributed by atoms with E-state index in [2.05, 4.69) is 39.6 Å². The minimum absolute atomic E-state index is 0.0680. The second-order valence-corrected chi connectivity index (χ2v) is 7.65. The summed E-state index contributed by atoms with van der Waals surface area (Å²) in [5.74, 6) is 0. The summed E-state index contributed by atoms with van der Waals surface area (Å²) in [7, 11) is 2.07. The van der Waals surface area contributed by atoms with Crippen LogP contribution in [0.4, 0.5) is 0 Å². The van der Waals surface area contributed by atoms with Gasteiger partial charge in [0.05, 0.1) is 5.60 Å². The molecule has 0 aliphatic rings. The van der Waals surface area contributed by atoms with Gasteiger partial charge in [0.15, 0.2) is 0 Å². The van der Waals surface area contributed by atoms with Crippen molar-refractivity contribution >= 4 is 0 Å². The Balaban J connectivity index is 0. The van der Waals surface area contributed by atoms with E-state index in [0.29, 0.717) is 0 Å². The van der Waals surface area contributed by atoms with Crippen molar-refractivity contribution in [2.24, 2.45) is 10.8 Å². The Labute approximate surface area is 121 Å². The molecule has 0 spiro atoms. The van der Waals surface area contributed by atoms with Crippen LogP contribution in [-0.4, -0.2) is 47.5 Å². The molecular weight excluding hydrogens is 238 g/mol. The summed E-state index contributed by atoms with van der Waals surface area (Å²) in [5, 5.41) is 19.1. The Kier molecular flexibility index (Phi) is 9.18. The molecule has 19 heavy (non-hydrogen) atoms. The predicted octanol–water partition coefficient (Wildman–Crippen LogP) is 3.15. The highest BCUT2D eigenvalue weighted by Gasteiger charge is 2.29. The molecule has 0 fully saturated rings. The van der Waals surface area contributed by atoms with E-state index in [0.717, 1.165) is 19.5 Å². The molecule has 2 N–H and O–H groups in total. The smallest absolute Gasteiger partial charge is 0.0597 e. The average molecular weight is 275 g/mol. The topological polar surface area (TPSA) is 43.7 Å². The first-order valence-electron chi connectivity index (χ1n) is 7.39. The van der Waals surface area contributed by atoms with Gasteiger partial charge >= 0.3 is 0 Å². The quantitative estimate of drug-likeness (QED) is 0.750. The molecule has 0 aliphatic carbocycles. The minimum Gasteiger partial charge on any atom is -0.396 e. The van der Waals surface area contributed by atoms with Crippen LogP contribution in [0, 0.1) is 10.8 Å². The summed E-state index contributed by atoms with van der Waals surface area (Å²) in [6.07, 6.45) is 0.768. The van der Waals surface area contributed by atoms with Crippen molar-refractivity contribution in [2.45, 2.75) is 67.4 Å². The Hall–Kier alpha value is -0.120. The van der Waals surface area contributed by atoms with E-state index in [4.69, 9.17) is 0 Å². The van der Waals surface area contributed by atoms with Gasteiger partial charge in [-0.15, -0.1) is 0 Å². The molecule has 0 radical (unpaired) electrons. The second-order valence-electron chi connectivity index (χ2n) is 7.65. The molecule has 0 aromatic carbocycles. The summed E-state index contributed by atoms with van der Waals surface area (Å²) in [6, 6.07) is 0. The summed E-state index contributed by atoms with van der Waals surface area (Å²) < 4.78 is 0. The van der Waals surface area contributed by atoms with Crippen LogP contribution in [0.3, 0.4) is 0 Å². The van der Waals surface area contributed by atoms with E-state index in [1.54, 1.807) is 0 Å². The molecule has 0 aliphatic heterocycles. The first-order chi connectivity index (χ1) is 8.37. The summed E-state index contributed by atoms with van der Waals surface area (Å²) in [6.45, 7) is 18.2. The predicted molar refractivity (Wildman–Crippen MR) is 84.4 cm³/mol. The van der Waals surface area contributed by atoms with Crippen LogP contribution in [0.25, 0.3) is 0 Å². The number of hydrogen-bond donors (Lipinski definition) is 2. The largest absolute Gasteiger partial charge is 0.396 e. The molecule has 0 bridgehead atoms. The normalized spacial score (nSPS) is 13.3. The Bertz CT molecular complexity index is 229. The van der Waals surface area contributed by atoms with Gasteiger partial charge in [-0.25, -0.2) is 0 Å². The monoisotopic (exact) mass is 275 g/mol. The van der Waals surface area contributed by atoms with Crippen LogP contribution in [-0.2, 0) is 0 Å². The van der Waals surface area contributed by atoms with Crippen molar-refractivity contribution in [3.8, 4) is 0 Å². The molecule has 0 aromatic heterocycles. The van der Waals surface area contributed by atoms with Crippen LogP contribution >= 0.6 is 0 Å². The van der Waals surface area contributed by atoms with Crippen LogP contribution in [0.5, 0.6) is 0 Å². The van der Waals surface area contributed by atoms with Crippen LogP contribution in [0.15, 0.2) is 0 Å². The maximum Gasteiger partial charge on any atom is 0.0597 e. The fourth-order valence-electron chi connectivity index (χ4n) is 2.79. The zero-order valence-corrected chi connectivity index (χ0v) is 14.7. The number of nitrogens with zero attached hydrogens (tertiary/aromatic N) is 1. The fourth-order valence-corrected chi connectivity index (χ4v) is 2.79. The van der Waals surface area contributed by atoms with Gasteiger partial charge in [0.2, 0.25) is 0 Å². The molecule has 118 valence electrons. The van der Waals surface area contributed by atoms with E-state index in [1.165, 1.54) is 0 Å². The third kappa shape index (κ3) is 12.6. The molecule has 0 unspecified atom stereocenters. The first-order valence-corrected chi connectivity index (χ1v) is 7.39. The summed E-state index contributed by atoms with van der Waals surface area (Å²) in [4.78, 5) is 2.24. The van der Waals surface area contributed by atoms with Gasteiger partial charge in [-0.2, -0.15) is 0 Å². The van der Waals surface area contributed by atoms with Crippen molar-refractivity contribution in [3.05, 3.63) is 0 Å². The molecule has 0 atom stereocenters. The molecule has 0 saturated carbocycles. The van der Waals surface area contributed by atoms with E-state index >= 15 is 0 Å². The highest BCUT2D eigenvalue weighted by molar-refractivity contribution is 4.82. The minimum atomic E-state index is -0.628. The van der Waals surface area contributed by atoms with Gasteiger partial charge in [-0.05, 0) is 32.7 Å². The Morgan fingerprint density at radius 1 is 0.842 bits per heavy atom. The van der Waals surface area contributed by atoms with E-state index in [9.17, 15) is 10.2 Å². The highest BCUT2D eigenvalue weighted by Crippen LogP contribution is 2.29. The van der Waals surface area contributed by atoms with Crippen molar-refractivity contribution in [1.82, 2.24) is 4.90 Å².